The maximum absolute atomic E-state index is 13.2. The first kappa shape index (κ1) is 28.2. The highest BCUT2D eigenvalue weighted by atomic mass is 19.4. The maximum atomic E-state index is 13.2. The van der Waals surface area contributed by atoms with Crippen molar-refractivity contribution < 1.29 is 22.7 Å². The number of ether oxygens (including phenoxy) is 1. The highest BCUT2D eigenvalue weighted by molar-refractivity contribution is 6.03. The minimum absolute atomic E-state index is 0.136. The SMILES string of the molecule is Cc1cc(NC(=O)c2cc(C(F)(F)F)ccn2)cc(Nc2ncccc2-c2ncnc3c2ncn3C2CCCCO2)c1C. The van der Waals surface area contributed by atoms with Gasteiger partial charge in [0, 0.05) is 35.9 Å². The molecule has 0 spiro atoms. The number of hydrogen-bond donors (Lipinski definition) is 2. The third-order valence-corrected chi connectivity index (χ3v) is 7.39. The summed E-state index contributed by atoms with van der Waals surface area (Å²) in [5.41, 5.74) is 3.98. The second-order valence-electron chi connectivity index (χ2n) is 10.2. The summed E-state index contributed by atoms with van der Waals surface area (Å²) in [5, 5.41) is 6.01. The van der Waals surface area contributed by atoms with E-state index in [2.05, 4.69) is 35.6 Å². The van der Waals surface area contributed by atoms with Gasteiger partial charge in [0.2, 0.25) is 0 Å². The zero-order chi connectivity index (χ0) is 30.1. The van der Waals surface area contributed by atoms with Gasteiger partial charge in [-0.2, -0.15) is 13.2 Å². The van der Waals surface area contributed by atoms with Crippen molar-refractivity contribution in [1.82, 2.24) is 29.5 Å². The van der Waals surface area contributed by atoms with Crippen molar-refractivity contribution in [2.24, 2.45) is 0 Å². The molecule has 0 saturated carbocycles. The average molecular weight is 589 g/mol. The quantitative estimate of drug-likeness (QED) is 0.227. The molecule has 5 heterocycles. The van der Waals surface area contributed by atoms with Crippen LogP contribution in [-0.4, -0.2) is 42.0 Å². The zero-order valence-electron chi connectivity index (χ0n) is 23.3. The molecule has 1 saturated heterocycles. The van der Waals surface area contributed by atoms with Crippen LogP contribution in [0.3, 0.4) is 0 Å². The van der Waals surface area contributed by atoms with Crippen LogP contribution in [0.4, 0.5) is 30.4 Å². The van der Waals surface area contributed by atoms with E-state index in [9.17, 15) is 18.0 Å². The summed E-state index contributed by atoms with van der Waals surface area (Å²) in [7, 11) is 0. The molecular weight excluding hydrogens is 561 g/mol. The van der Waals surface area contributed by atoms with Gasteiger partial charge in [-0.1, -0.05) is 0 Å². The minimum atomic E-state index is -4.59. The number of anilines is 3. The van der Waals surface area contributed by atoms with Crippen LogP contribution in [-0.2, 0) is 10.9 Å². The number of alkyl halides is 3. The number of nitrogens with zero attached hydrogens (tertiary/aromatic N) is 6. The highest BCUT2D eigenvalue weighted by Gasteiger charge is 2.31. The summed E-state index contributed by atoms with van der Waals surface area (Å²) in [4.78, 5) is 34.9. The van der Waals surface area contributed by atoms with E-state index in [0.717, 1.165) is 48.7 Å². The highest BCUT2D eigenvalue weighted by Crippen LogP contribution is 2.35. The molecule has 0 bridgehead atoms. The van der Waals surface area contributed by atoms with Crippen molar-refractivity contribution in [2.45, 2.75) is 45.5 Å². The Bertz CT molecular complexity index is 1820. The lowest BCUT2D eigenvalue weighted by molar-refractivity contribution is -0.137. The van der Waals surface area contributed by atoms with Crippen LogP contribution in [0.2, 0.25) is 0 Å². The monoisotopic (exact) mass is 588 g/mol. The number of benzene rings is 1. The van der Waals surface area contributed by atoms with Crippen LogP contribution < -0.4 is 10.6 Å². The van der Waals surface area contributed by atoms with Crippen molar-refractivity contribution in [2.75, 3.05) is 17.2 Å². The molecule has 1 atom stereocenters. The Kier molecular flexibility index (Phi) is 7.48. The molecule has 1 unspecified atom stereocenters. The van der Waals surface area contributed by atoms with E-state index in [-0.39, 0.29) is 11.9 Å². The Morgan fingerprint density at radius 3 is 2.67 bits per heavy atom. The lowest BCUT2D eigenvalue weighted by atomic mass is 10.1. The maximum Gasteiger partial charge on any atom is 0.416 e. The number of aryl methyl sites for hydroxylation is 1. The Morgan fingerprint density at radius 2 is 1.88 bits per heavy atom. The van der Waals surface area contributed by atoms with Gasteiger partial charge in [-0.15, -0.1) is 0 Å². The van der Waals surface area contributed by atoms with E-state index in [1.165, 1.54) is 6.33 Å². The minimum Gasteiger partial charge on any atom is -0.358 e. The molecule has 1 aromatic carbocycles. The van der Waals surface area contributed by atoms with E-state index in [1.807, 2.05) is 24.5 Å². The van der Waals surface area contributed by atoms with Crippen molar-refractivity contribution in [1.29, 1.82) is 0 Å². The van der Waals surface area contributed by atoms with Crippen LogP contribution >= 0.6 is 0 Å². The summed E-state index contributed by atoms with van der Waals surface area (Å²) >= 11 is 0. The van der Waals surface area contributed by atoms with Crippen molar-refractivity contribution in [3.8, 4) is 11.3 Å². The van der Waals surface area contributed by atoms with Gasteiger partial charge >= 0.3 is 6.18 Å². The molecule has 2 N–H and O–H groups in total. The molecule has 1 aliphatic rings. The molecular formula is C30H27F3N8O2. The Labute approximate surface area is 244 Å². The standard InChI is InChI=1S/C30H27F3N8O2/c1-17-12-20(39-29(42)23-13-19(8-10-34-23)30(31,32)33)14-22(18(17)2)40-27-21(6-5-9-35-27)25-26-28(37-15-36-25)41(16-38-26)24-7-3-4-11-43-24/h5-6,8-10,12-16,24H,3-4,7,11H2,1-2H3,(H,35,40)(H,39,42). The fourth-order valence-electron chi connectivity index (χ4n) is 5.01. The number of aromatic nitrogens is 6. The second-order valence-corrected chi connectivity index (χ2v) is 10.2. The number of hydrogen-bond acceptors (Lipinski definition) is 8. The molecule has 0 radical (unpaired) electrons. The van der Waals surface area contributed by atoms with Crippen LogP contribution in [0, 0.1) is 13.8 Å². The molecule has 1 aliphatic heterocycles. The first-order chi connectivity index (χ1) is 20.7. The first-order valence-electron chi connectivity index (χ1n) is 13.7. The molecule has 6 rings (SSSR count). The van der Waals surface area contributed by atoms with Gasteiger partial charge in [-0.05, 0) is 80.6 Å². The van der Waals surface area contributed by atoms with Crippen molar-refractivity contribution in [3.63, 3.8) is 0 Å². The number of halogens is 3. The largest absolute Gasteiger partial charge is 0.416 e. The predicted octanol–water partition coefficient (Wildman–Crippen LogP) is 6.61. The van der Waals surface area contributed by atoms with Gasteiger partial charge in [0.05, 0.1) is 11.9 Å². The van der Waals surface area contributed by atoms with E-state index < -0.39 is 17.6 Å². The Balaban J connectivity index is 1.31. The van der Waals surface area contributed by atoms with Crippen molar-refractivity contribution >= 4 is 34.3 Å². The molecule has 43 heavy (non-hydrogen) atoms. The predicted molar refractivity (Wildman–Crippen MR) is 154 cm³/mol. The number of fused-ring (bicyclic) bond motifs is 1. The lowest BCUT2D eigenvalue weighted by Crippen LogP contribution is -2.17. The van der Waals surface area contributed by atoms with Gasteiger partial charge in [0.25, 0.3) is 5.91 Å². The first-order valence-corrected chi connectivity index (χ1v) is 13.7. The second kappa shape index (κ2) is 11.4. The fourth-order valence-corrected chi connectivity index (χ4v) is 5.01. The summed E-state index contributed by atoms with van der Waals surface area (Å²) < 4.78 is 47.3. The van der Waals surface area contributed by atoms with Crippen molar-refractivity contribution in [3.05, 3.63) is 83.8 Å². The Morgan fingerprint density at radius 1 is 1.02 bits per heavy atom. The van der Waals surface area contributed by atoms with Gasteiger partial charge < -0.3 is 15.4 Å². The van der Waals surface area contributed by atoms with E-state index in [0.29, 0.717) is 46.2 Å². The number of nitrogens with one attached hydrogen (secondary N) is 2. The number of carbonyl (C=O) groups is 1. The number of amides is 1. The molecule has 0 aliphatic carbocycles. The molecule has 10 nitrogen and oxygen atoms in total. The molecule has 220 valence electrons. The Hall–Kier alpha value is -4.91. The summed E-state index contributed by atoms with van der Waals surface area (Å²) in [6.45, 7) is 4.47. The van der Waals surface area contributed by atoms with E-state index >= 15 is 0 Å². The van der Waals surface area contributed by atoms with Crippen LogP contribution in [0.25, 0.3) is 22.4 Å². The van der Waals surface area contributed by atoms with Gasteiger partial charge in [0.1, 0.15) is 35.3 Å². The number of imidazole rings is 1. The van der Waals surface area contributed by atoms with E-state index in [1.54, 1.807) is 30.7 Å². The molecule has 13 heteroatoms. The van der Waals surface area contributed by atoms with E-state index in [4.69, 9.17) is 4.74 Å². The van der Waals surface area contributed by atoms with Crippen LogP contribution in [0.1, 0.15) is 52.7 Å². The average Bonchev–Trinajstić information content (AvgIpc) is 3.45. The molecule has 1 fully saturated rings. The zero-order valence-corrected chi connectivity index (χ0v) is 23.3. The third kappa shape index (κ3) is 5.75. The fraction of sp³-hybridized carbons (Fsp3) is 0.267. The third-order valence-electron chi connectivity index (χ3n) is 7.39. The normalized spacial score (nSPS) is 15.4. The topological polar surface area (TPSA) is 120 Å². The summed E-state index contributed by atoms with van der Waals surface area (Å²) in [6.07, 6.45) is 4.06. The van der Waals surface area contributed by atoms with Gasteiger partial charge in [0.15, 0.2) is 5.65 Å². The number of rotatable bonds is 6. The number of pyridine rings is 2. The van der Waals surface area contributed by atoms with Gasteiger partial charge in [-0.25, -0.2) is 19.9 Å². The molecule has 4 aromatic heterocycles. The van der Waals surface area contributed by atoms with Gasteiger partial charge in [-0.3, -0.25) is 14.3 Å². The lowest BCUT2D eigenvalue weighted by Gasteiger charge is -2.23. The molecule has 5 aromatic rings. The van der Waals surface area contributed by atoms with Crippen LogP contribution in [0.15, 0.2) is 61.4 Å². The smallest absolute Gasteiger partial charge is 0.358 e. The summed E-state index contributed by atoms with van der Waals surface area (Å²) in [5.74, 6) is -0.267. The molecule has 1 amide bonds. The summed E-state index contributed by atoms with van der Waals surface area (Å²) in [6, 6.07) is 8.64. The number of carbonyl (C=O) groups excluding carboxylic acids is 1. The van der Waals surface area contributed by atoms with Crippen LogP contribution in [0.5, 0.6) is 0 Å².